The first kappa shape index (κ1) is 11.1. The van der Waals surface area contributed by atoms with E-state index in [0.29, 0.717) is 11.7 Å². The molecule has 0 aliphatic heterocycles. The van der Waals surface area contributed by atoms with Gasteiger partial charge in [-0.2, -0.15) is 5.10 Å². The molecule has 0 unspecified atom stereocenters. The third-order valence-electron chi connectivity index (χ3n) is 2.37. The molecule has 0 saturated carbocycles. The molecule has 0 atom stereocenters. The average molecular weight is 196 g/mol. The predicted molar refractivity (Wildman–Crippen MR) is 57.6 cm³/mol. The summed E-state index contributed by atoms with van der Waals surface area (Å²) in [6.07, 6.45) is 1.89. The second kappa shape index (κ2) is 4.49. The maximum atomic E-state index is 9.92. The van der Waals surface area contributed by atoms with Gasteiger partial charge in [0.05, 0.1) is 5.69 Å². The minimum atomic E-state index is 0.290. The van der Waals surface area contributed by atoms with Crippen LogP contribution in [0.15, 0.2) is 0 Å². The van der Waals surface area contributed by atoms with Gasteiger partial charge in [0.2, 0.25) is 0 Å². The molecule has 0 aromatic carbocycles. The molecule has 1 aromatic rings. The summed E-state index contributed by atoms with van der Waals surface area (Å²) in [4.78, 5) is 0. The number of hydrogen-bond acceptors (Lipinski definition) is 2. The predicted octanol–water partition coefficient (Wildman–Crippen LogP) is 2.68. The van der Waals surface area contributed by atoms with Crippen LogP contribution in [0.4, 0.5) is 0 Å². The summed E-state index contributed by atoms with van der Waals surface area (Å²) in [6.45, 7) is 9.17. The quantitative estimate of drug-likeness (QED) is 0.804. The standard InChI is InChI=1S/C11H20N2O/c1-5-7-13-9(6-2)11(14)10(12-13)8(3)4/h8,14H,5-7H2,1-4H3. The lowest BCUT2D eigenvalue weighted by Gasteiger charge is -2.02. The highest BCUT2D eigenvalue weighted by atomic mass is 16.3. The lowest BCUT2D eigenvalue weighted by atomic mass is 10.1. The molecule has 14 heavy (non-hydrogen) atoms. The van der Waals surface area contributed by atoms with Crippen molar-refractivity contribution in [2.24, 2.45) is 0 Å². The Morgan fingerprint density at radius 2 is 2.00 bits per heavy atom. The van der Waals surface area contributed by atoms with E-state index in [1.807, 2.05) is 11.6 Å². The van der Waals surface area contributed by atoms with E-state index in [0.717, 1.165) is 30.8 Å². The molecule has 1 heterocycles. The van der Waals surface area contributed by atoms with Crippen molar-refractivity contribution >= 4 is 0 Å². The highest BCUT2D eigenvalue weighted by Gasteiger charge is 2.17. The van der Waals surface area contributed by atoms with Crippen LogP contribution in [-0.4, -0.2) is 14.9 Å². The van der Waals surface area contributed by atoms with Crippen LogP contribution in [0.1, 0.15) is 51.4 Å². The van der Waals surface area contributed by atoms with Crippen molar-refractivity contribution in [3.05, 3.63) is 11.4 Å². The van der Waals surface area contributed by atoms with Crippen LogP contribution in [0.3, 0.4) is 0 Å². The van der Waals surface area contributed by atoms with E-state index in [9.17, 15) is 5.11 Å². The second-order valence-corrected chi connectivity index (χ2v) is 3.91. The van der Waals surface area contributed by atoms with Gasteiger partial charge in [-0.15, -0.1) is 0 Å². The van der Waals surface area contributed by atoms with Crippen molar-refractivity contribution in [2.45, 2.75) is 53.0 Å². The summed E-state index contributed by atoms with van der Waals surface area (Å²) in [5, 5.41) is 14.4. The fourth-order valence-corrected chi connectivity index (χ4v) is 1.64. The number of nitrogens with zero attached hydrogens (tertiary/aromatic N) is 2. The van der Waals surface area contributed by atoms with E-state index in [4.69, 9.17) is 0 Å². The van der Waals surface area contributed by atoms with E-state index in [1.54, 1.807) is 0 Å². The number of aryl methyl sites for hydroxylation is 1. The Morgan fingerprint density at radius 1 is 1.36 bits per heavy atom. The number of rotatable bonds is 4. The summed E-state index contributed by atoms with van der Waals surface area (Å²) in [5.41, 5.74) is 1.80. The minimum absolute atomic E-state index is 0.290. The number of aromatic hydroxyl groups is 1. The van der Waals surface area contributed by atoms with Crippen molar-refractivity contribution in [1.29, 1.82) is 0 Å². The van der Waals surface area contributed by atoms with Crippen molar-refractivity contribution in [2.75, 3.05) is 0 Å². The fraction of sp³-hybridized carbons (Fsp3) is 0.727. The molecule has 1 rings (SSSR count). The Labute approximate surface area is 85.8 Å². The fourth-order valence-electron chi connectivity index (χ4n) is 1.64. The summed E-state index contributed by atoms with van der Waals surface area (Å²) in [6, 6.07) is 0. The van der Waals surface area contributed by atoms with Crippen LogP contribution in [-0.2, 0) is 13.0 Å². The van der Waals surface area contributed by atoms with Crippen molar-refractivity contribution < 1.29 is 5.11 Å². The zero-order valence-electron chi connectivity index (χ0n) is 9.54. The normalized spacial score (nSPS) is 11.2. The molecule has 0 radical (unpaired) electrons. The lowest BCUT2D eigenvalue weighted by Crippen LogP contribution is -2.03. The summed E-state index contributed by atoms with van der Waals surface area (Å²) in [7, 11) is 0. The highest BCUT2D eigenvalue weighted by Crippen LogP contribution is 2.28. The lowest BCUT2D eigenvalue weighted by molar-refractivity contribution is 0.456. The first-order valence-corrected chi connectivity index (χ1v) is 5.40. The monoisotopic (exact) mass is 196 g/mol. The second-order valence-electron chi connectivity index (χ2n) is 3.91. The minimum Gasteiger partial charge on any atom is -0.504 e. The SMILES string of the molecule is CCCn1nc(C(C)C)c(O)c1CC. The Bertz CT molecular complexity index is 302. The largest absolute Gasteiger partial charge is 0.504 e. The zero-order chi connectivity index (χ0) is 10.7. The van der Waals surface area contributed by atoms with Crippen LogP contribution < -0.4 is 0 Å². The van der Waals surface area contributed by atoms with Gasteiger partial charge in [-0.3, -0.25) is 4.68 Å². The van der Waals surface area contributed by atoms with Crippen LogP contribution in [0.25, 0.3) is 0 Å². The van der Waals surface area contributed by atoms with Gasteiger partial charge in [0, 0.05) is 12.5 Å². The Morgan fingerprint density at radius 3 is 2.43 bits per heavy atom. The molecule has 1 N–H and O–H groups in total. The van der Waals surface area contributed by atoms with Gasteiger partial charge >= 0.3 is 0 Å². The Balaban J connectivity index is 3.10. The maximum absolute atomic E-state index is 9.92. The summed E-state index contributed by atoms with van der Waals surface area (Å²) >= 11 is 0. The van der Waals surface area contributed by atoms with Gasteiger partial charge in [-0.1, -0.05) is 27.7 Å². The number of hydrogen-bond donors (Lipinski definition) is 1. The molecule has 1 aromatic heterocycles. The van der Waals surface area contributed by atoms with Crippen LogP contribution in [0.2, 0.25) is 0 Å². The van der Waals surface area contributed by atoms with Gasteiger partial charge in [-0.05, 0) is 12.8 Å². The zero-order valence-corrected chi connectivity index (χ0v) is 9.54. The van der Waals surface area contributed by atoms with E-state index >= 15 is 0 Å². The van der Waals surface area contributed by atoms with Gasteiger partial charge < -0.3 is 5.11 Å². The average Bonchev–Trinajstić information content (AvgIpc) is 2.43. The molecule has 0 bridgehead atoms. The molecule has 0 aliphatic rings. The van der Waals surface area contributed by atoms with Gasteiger partial charge in [-0.25, -0.2) is 0 Å². The third kappa shape index (κ3) is 1.91. The van der Waals surface area contributed by atoms with Crippen molar-refractivity contribution in [3.63, 3.8) is 0 Å². The molecule has 0 amide bonds. The van der Waals surface area contributed by atoms with E-state index < -0.39 is 0 Å². The molecule has 0 saturated heterocycles. The molecule has 0 spiro atoms. The highest BCUT2D eigenvalue weighted by molar-refractivity contribution is 5.34. The first-order valence-electron chi connectivity index (χ1n) is 5.40. The van der Waals surface area contributed by atoms with Gasteiger partial charge in [0.1, 0.15) is 5.69 Å². The number of aromatic nitrogens is 2. The summed E-state index contributed by atoms with van der Waals surface area (Å²) < 4.78 is 1.94. The van der Waals surface area contributed by atoms with Crippen LogP contribution in [0.5, 0.6) is 5.75 Å². The maximum Gasteiger partial charge on any atom is 0.160 e. The molecule has 80 valence electrons. The molecular weight excluding hydrogens is 176 g/mol. The van der Waals surface area contributed by atoms with Gasteiger partial charge in [0.25, 0.3) is 0 Å². The Hall–Kier alpha value is -0.990. The van der Waals surface area contributed by atoms with E-state index in [2.05, 4.69) is 25.9 Å². The third-order valence-corrected chi connectivity index (χ3v) is 2.37. The van der Waals surface area contributed by atoms with Gasteiger partial charge in [0.15, 0.2) is 5.75 Å². The summed E-state index contributed by atoms with van der Waals surface area (Å²) in [5.74, 6) is 0.689. The first-order chi connectivity index (χ1) is 6.61. The smallest absolute Gasteiger partial charge is 0.160 e. The topological polar surface area (TPSA) is 38.0 Å². The van der Waals surface area contributed by atoms with E-state index in [-0.39, 0.29) is 0 Å². The molecule has 0 aliphatic carbocycles. The van der Waals surface area contributed by atoms with Crippen LogP contribution in [0, 0.1) is 0 Å². The van der Waals surface area contributed by atoms with Crippen molar-refractivity contribution in [3.8, 4) is 5.75 Å². The molecule has 3 nitrogen and oxygen atoms in total. The molecular formula is C11H20N2O. The van der Waals surface area contributed by atoms with E-state index in [1.165, 1.54) is 0 Å². The Kier molecular flexibility index (Phi) is 3.55. The van der Waals surface area contributed by atoms with Crippen molar-refractivity contribution in [1.82, 2.24) is 9.78 Å². The molecule has 0 fully saturated rings. The van der Waals surface area contributed by atoms with Crippen LogP contribution >= 0.6 is 0 Å². The molecule has 3 heteroatoms.